The standard InChI is InChI=1S/C24H19ClN4O3/c25-21-4-2-1-3-18(21)15-32-20-11-7-17(8-12-20)22-13-23(28-27-22)24(31)29-26-14-16-5-9-19(30)10-6-16/h1-14,30H,15H2,(H,27,28)(H,29,31)/b26-14+. The van der Waals surface area contributed by atoms with E-state index in [1.165, 1.54) is 18.3 Å². The molecule has 1 amide bonds. The summed E-state index contributed by atoms with van der Waals surface area (Å²) in [5.41, 5.74) is 5.82. The van der Waals surface area contributed by atoms with Crippen LogP contribution in [0.3, 0.4) is 0 Å². The Labute approximate surface area is 189 Å². The number of rotatable bonds is 7. The molecular weight excluding hydrogens is 428 g/mol. The van der Waals surface area contributed by atoms with E-state index < -0.39 is 5.91 Å². The van der Waals surface area contributed by atoms with Gasteiger partial charge in [-0.25, -0.2) is 5.43 Å². The maximum Gasteiger partial charge on any atom is 0.289 e. The number of phenolic OH excluding ortho intramolecular Hbond substituents is 1. The van der Waals surface area contributed by atoms with Crippen molar-refractivity contribution < 1.29 is 14.6 Å². The third-order valence-corrected chi connectivity index (χ3v) is 4.97. The highest BCUT2D eigenvalue weighted by atomic mass is 35.5. The van der Waals surface area contributed by atoms with Gasteiger partial charge in [0.1, 0.15) is 23.8 Å². The summed E-state index contributed by atoms with van der Waals surface area (Å²) in [7, 11) is 0. The number of aromatic hydroxyl groups is 1. The second kappa shape index (κ2) is 9.80. The number of phenols is 1. The molecule has 1 aromatic heterocycles. The van der Waals surface area contributed by atoms with Gasteiger partial charge in [0.2, 0.25) is 0 Å². The Morgan fingerprint density at radius 1 is 1.09 bits per heavy atom. The van der Waals surface area contributed by atoms with Gasteiger partial charge in [-0.3, -0.25) is 9.89 Å². The number of benzene rings is 3. The number of hydrogen-bond donors (Lipinski definition) is 3. The van der Waals surface area contributed by atoms with Crippen LogP contribution in [0, 0.1) is 0 Å². The molecule has 0 radical (unpaired) electrons. The van der Waals surface area contributed by atoms with Crippen molar-refractivity contribution in [1.29, 1.82) is 0 Å². The van der Waals surface area contributed by atoms with E-state index in [0.29, 0.717) is 23.1 Å². The molecule has 3 N–H and O–H groups in total. The third-order valence-electron chi connectivity index (χ3n) is 4.60. The molecular formula is C24H19ClN4O3. The Hall–Kier alpha value is -4.10. The highest BCUT2D eigenvalue weighted by molar-refractivity contribution is 6.31. The van der Waals surface area contributed by atoms with E-state index in [9.17, 15) is 9.90 Å². The summed E-state index contributed by atoms with van der Waals surface area (Å²) in [5.74, 6) is 0.445. The number of carbonyl (C=O) groups is 1. The molecule has 0 spiro atoms. The zero-order valence-corrected chi connectivity index (χ0v) is 17.6. The number of ether oxygens (including phenoxy) is 1. The van der Waals surface area contributed by atoms with Crippen molar-refractivity contribution in [3.05, 3.63) is 101 Å². The van der Waals surface area contributed by atoms with Crippen molar-refractivity contribution in [2.45, 2.75) is 6.61 Å². The number of nitrogens with one attached hydrogen (secondary N) is 2. The summed E-state index contributed by atoms with van der Waals surface area (Å²) in [6, 6.07) is 23.0. The molecule has 7 nitrogen and oxygen atoms in total. The molecule has 0 saturated carbocycles. The van der Waals surface area contributed by atoms with Gasteiger partial charge < -0.3 is 9.84 Å². The monoisotopic (exact) mass is 446 g/mol. The number of hydrogen-bond acceptors (Lipinski definition) is 5. The van der Waals surface area contributed by atoms with E-state index in [-0.39, 0.29) is 11.4 Å². The molecule has 0 bridgehead atoms. The van der Waals surface area contributed by atoms with Crippen molar-refractivity contribution >= 4 is 23.7 Å². The fraction of sp³-hybridized carbons (Fsp3) is 0.0417. The topological polar surface area (TPSA) is 99.6 Å². The maximum absolute atomic E-state index is 12.3. The van der Waals surface area contributed by atoms with E-state index in [0.717, 1.165) is 16.7 Å². The molecule has 3 aromatic carbocycles. The van der Waals surface area contributed by atoms with Gasteiger partial charge in [-0.05, 0) is 66.2 Å². The van der Waals surface area contributed by atoms with Crippen LogP contribution in [0.2, 0.25) is 5.02 Å². The minimum atomic E-state index is -0.418. The third kappa shape index (κ3) is 5.33. The van der Waals surface area contributed by atoms with Crippen LogP contribution in [-0.2, 0) is 6.61 Å². The molecule has 0 atom stereocenters. The van der Waals surface area contributed by atoms with Gasteiger partial charge in [0.05, 0.1) is 11.9 Å². The molecule has 0 saturated heterocycles. The van der Waals surface area contributed by atoms with E-state index in [1.807, 2.05) is 48.5 Å². The summed E-state index contributed by atoms with van der Waals surface area (Å²) in [5, 5.41) is 20.8. The Balaban J connectivity index is 1.34. The minimum Gasteiger partial charge on any atom is -0.508 e. The van der Waals surface area contributed by atoms with Gasteiger partial charge >= 0.3 is 0 Å². The summed E-state index contributed by atoms with van der Waals surface area (Å²) in [6.07, 6.45) is 1.48. The number of hydrazone groups is 1. The molecule has 0 unspecified atom stereocenters. The first-order chi connectivity index (χ1) is 15.6. The van der Waals surface area contributed by atoms with Gasteiger partial charge in [-0.1, -0.05) is 29.8 Å². The molecule has 32 heavy (non-hydrogen) atoms. The average Bonchev–Trinajstić information content (AvgIpc) is 3.31. The Morgan fingerprint density at radius 3 is 2.59 bits per heavy atom. The number of halogens is 1. The number of amides is 1. The molecule has 4 aromatic rings. The largest absolute Gasteiger partial charge is 0.508 e. The zero-order valence-electron chi connectivity index (χ0n) is 16.8. The fourth-order valence-corrected chi connectivity index (χ4v) is 3.06. The van der Waals surface area contributed by atoms with Gasteiger partial charge in [-0.2, -0.15) is 10.2 Å². The lowest BCUT2D eigenvalue weighted by molar-refractivity contribution is 0.0950. The number of aromatic amines is 1. The highest BCUT2D eigenvalue weighted by Crippen LogP contribution is 2.23. The predicted molar refractivity (Wildman–Crippen MR) is 123 cm³/mol. The van der Waals surface area contributed by atoms with Crippen LogP contribution in [0.1, 0.15) is 21.6 Å². The van der Waals surface area contributed by atoms with Crippen LogP contribution >= 0.6 is 11.6 Å². The van der Waals surface area contributed by atoms with Crippen molar-refractivity contribution in [3.63, 3.8) is 0 Å². The van der Waals surface area contributed by atoms with Gasteiger partial charge in [0.15, 0.2) is 0 Å². The van der Waals surface area contributed by atoms with Crippen LogP contribution in [0.25, 0.3) is 11.3 Å². The number of aromatic nitrogens is 2. The molecule has 0 aliphatic rings. The first-order valence-electron chi connectivity index (χ1n) is 9.73. The van der Waals surface area contributed by atoms with Crippen LogP contribution in [0.15, 0.2) is 84.0 Å². The molecule has 0 aliphatic heterocycles. The fourth-order valence-electron chi connectivity index (χ4n) is 2.87. The Kier molecular flexibility index (Phi) is 6.48. The first-order valence-corrected chi connectivity index (χ1v) is 10.1. The predicted octanol–water partition coefficient (Wildman–Crippen LogP) is 4.78. The number of carbonyl (C=O) groups excluding carboxylic acids is 1. The smallest absolute Gasteiger partial charge is 0.289 e. The van der Waals surface area contributed by atoms with Crippen LogP contribution in [-0.4, -0.2) is 27.4 Å². The quantitative estimate of drug-likeness (QED) is 0.281. The molecule has 160 valence electrons. The van der Waals surface area contributed by atoms with Crippen molar-refractivity contribution in [2.24, 2.45) is 5.10 Å². The average molecular weight is 447 g/mol. The summed E-state index contributed by atoms with van der Waals surface area (Å²) < 4.78 is 5.79. The molecule has 1 heterocycles. The molecule has 0 fully saturated rings. The van der Waals surface area contributed by atoms with Gasteiger partial charge in [0, 0.05) is 16.1 Å². The summed E-state index contributed by atoms with van der Waals surface area (Å²) in [4.78, 5) is 12.3. The van der Waals surface area contributed by atoms with Crippen molar-refractivity contribution in [1.82, 2.24) is 15.6 Å². The first kappa shape index (κ1) is 21.1. The van der Waals surface area contributed by atoms with E-state index in [1.54, 1.807) is 18.2 Å². The second-order valence-corrected chi connectivity index (χ2v) is 7.27. The molecule has 4 rings (SSSR count). The lowest BCUT2D eigenvalue weighted by Gasteiger charge is -2.08. The van der Waals surface area contributed by atoms with Gasteiger partial charge in [-0.15, -0.1) is 0 Å². The van der Waals surface area contributed by atoms with Gasteiger partial charge in [0.25, 0.3) is 5.91 Å². The zero-order chi connectivity index (χ0) is 22.3. The van der Waals surface area contributed by atoms with E-state index in [4.69, 9.17) is 16.3 Å². The number of H-pyrrole nitrogens is 1. The van der Waals surface area contributed by atoms with Crippen LogP contribution < -0.4 is 10.2 Å². The molecule has 8 heteroatoms. The van der Waals surface area contributed by atoms with Crippen molar-refractivity contribution in [3.8, 4) is 22.8 Å². The Morgan fingerprint density at radius 2 is 1.84 bits per heavy atom. The number of nitrogens with zero attached hydrogens (tertiary/aromatic N) is 2. The SMILES string of the molecule is O=C(N/N=C/c1ccc(O)cc1)c1cc(-c2ccc(OCc3ccccc3Cl)cc2)n[nH]1. The lowest BCUT2D eigenvalue weighted by atomic mass is 10.1. The Bertz CT molecular complexity index is 1230. The van der Waals surface area contributed by atoms with E-state index in [2.05, 4.69) is 20.7 Å². The van der Waals surface area contributed by atoms with E-state index >= 15 is 0 Å². The summed E-state index contributed by atoms with van der Waals surface area (Å²) in [6.45, 7) is 0.371. The minimum absolute atomic E-state index is 0.163. The normalized spacial score (nSPS) is 10.9. The second-order valence-electron chi connectivity index (χ2n) is 6.86. The highest BCUT2D eigenvalue weighted by Gasteiger charge is 2.10. The molecule has 0 aliphatic carbocycles. The van der Waals surface area contributed by atoms with Crippen molar-refractivity contribution in [2.75, 3.05) is 0 Å². The maximum atomic E-state index is 12.3. The van der Waals surface area contributed by atoms with Crippen LogP contribution in [0.5, 0.6) is 11.5 Å². The lowest BCUT2D eigenvalue weighted by Crippen LogP contribution is -2.17. The van der Waals surface area contributed by atoms with Crippen LogP contribution in [0.4, 0.5) is 0 Å². The summed E-state index contributed by atoms with van der Waals surface area (Å²) >= 11 is 6.15.